The summed E-state index contributed by atoms with van der Waals surface area (Å²) in [6.07, 6.45) is 1.49. The van der Waals surface area contributed by atoms with Gasteiger partial charge in [0, 0.05) is 12.2 Å². The van der Waals surface area contributed by atoms with Gasteiger partial charge in [0.1, 0.15) is 0 Å². The van der Waals surface area contributed by atoms with Crippen LogP contribution in [0.25, 0.3) is 0 Å². The van der Waals surface area contributed by atoms with E-state index in [4.69, 9.17) is 5.73 Å². The molecule has 4 nitrogen and oxygen atoms in total. The quantitative estimate of drug-likeness (QED) is 0.647. The van der Waals surface area contributed by atoms with E-state index < -0.39 is 6.10 Å². The van der Waals surface area contributed by atoms with Gasteiger partial charge in [0.25, 0.3) is 0 Å². The Kier molecular flexibility index (Phi) is 5.49. The Bertz CT molecular complexity index is 349. The Hall–Kier alpha value is -1.55. The maximum Gasteiger partial charge on any atom is 0.224 e. The van der Waals surface area contributed by atoms with Crippen molar-refractivity contribution >= 4 is 11.6 Å². The molecule has 4 N–H and O–H groups in total. The first-order chi connectivity index (χ1) is 8.11. The molecular weight excluding hydrogens is 216 g/mol. The number of carbonyl (C=O) groups is 1. The first-order valence-corrected chi connectivity index (χ1v) is 5.91. The molecule has 0 aliphatic heterocycles. The molecule has 94 valence electrons. The van der Waals surface area contributed by atoms with E-state index in [0.717, 1.165) is 12.0 Å². The summed E-state index contributed by atoms with van der Waals surface area (Å²) in [5.41, 5.74) is 7.16. The largest absolute Gasteiger partial charge is 0.399 e. The highest BCUT2D eigenvalue weighted by Gasteiger charge is 2.06. The normalized spacial score (nSPS) is 12.1. The molecule has 0 fully saturated rings. The number of aliphatic hydroxyl groups is 1. The van der Waals surface area contributed by atoms with Crippen molar-refractivity contribution in [1.82, 2.24) is 5.32 Å². The number of aliphatic hydroxyl groups excluding tert-OH is 1. The molecule has 0 aliphatic rings. The molecular formula is C13H20N2O2. The fourth-order valence-electron chi connectivity index (χ4n) is 1.55. The van der Waals surface area contributed by atoms with Crippen LogP contribution in [-0.4, -0.2) is 23.7 Å². The number of amides is 1. The third kappa shape index (κ3) is 5.36. The molecule has 0 bridgehead atoms. The Labute approximate surface area is 102 Å². The van der Waals surface area contributed by atoms with Crippen molar-refractivity contribution in [2.24, 2.45) is 0 Å². The van der Waals surface area contributed by atoms with Gasteiger partial charge in [-0.2, -0.15) is 0 Å². The summed E-state index contributed by atoms with van der Waals surface area (Å²) < 4.78 is 0. The van der Waals surface area contributed by atoms with Gasteiger partial charge in [0.15, 0.2) is 0 Å². The van der Waals surface area contributed by atoms with Gasteiger partial charge in [-0.3, -0.25) is 4.79 Å². The van der Waals surface area contributed by atoms with Crippen LogP contribution in [-0.2, 0) is 11.2 Å². The molecule has 1 aromatic rings. The van der Waals surface area contributed by atoms with Gasteiger partial charge in [0.05, 0.1) is 12.5 Å². The molecule has 0 radical (unpaired) electrons. The van der Waals surface area contributed by atoms with E-state index in [0.29, 0.717) is 25.1 Å². The van der Waals surface area contributed by atoms with Crippen molar-refractivity contribution in [3.63, 3.8) is 0 Å². The Balaban J connectivity index is 2.32. The molecule has 0 spiro atoms. The minimum Gasteiger partial charge on any atom is -0.399 e. The van der Waals surface area contributed by atoms with Gasteiger partial charge in [-0.05, 0) is 24.1 Å². The molecule has 4 heteroatoms. The minimum absolute atomic E-state index is 0.0788. The van der Waals surface area contributed by atoms with Crippen molar-refractivity contribution < 1.29 is 9.90 Å². The fourth-order valence-corrected chi connectivity index (χ4v) is 1.55. The number of anilines is 1. The Morgan fingerprint density at radius 2 is 2.06 bits per heavy atom. The monoisotopic (exact) mass is 236 g/mol. The van der Waals surface area contributed by atoms with Crippen LogP contribution >= 0.6 is 0 Å². The van der Waals surface area contributed by atoms with Crippen LogP contribution in [0.4, 0.5) is 5.69 Å². The zero-order chi connectivity index (χ0) is 12.7. The van der Waals surface area contributed by atoms with Crippen LogP contribution < -0.4 is 11.1 Å². The van der Waals surface area contributed by atoms with Gasteiger partial charge in [-0.15, -0.1) is 0 Å². The number of hydrogen-bond donors (Lipinski definition) is 3. The molecule has 0 aromatic heterocycles. The molecule has 1 unspecified atom stereocenters. The third-order valence-corrected chi connectivity index (χ3v) is 2.50. The van der Waals surface area contributed by atoms with Crippen LogP contribution in [0.1, 0.15) is 25.3 Å². The predicted octanol–water partition coefficient (Wildman–Crippen LogP) is 1.09. The van der Waals surface area contributed by atoms with Gasteiger partial charge in [0.2, 0.25) is 5.91 Å². The number of nitrogens with two attached hydrogens (primary N) is 1. The second-order valence-corrected chi connectivity index (χ2v) is 4.16. The van der Waals surface area contributed by atoms with E-state index in [2.05, 4.69) is 5.32 Å². The summed E-state index contributed by atoms with van der Waals surface area (Å²) in [4.78, 5) is 11.6. The smallest absolute Gasteiger partial charge is 0.224 e. The lowest BCUT2D eigenvalue weighted by Gasteiger charge is -2.10. The molecule has 0 saturated carbocycles. The van der Waals surface area contributed by atoms with Gasteiger partial charge >= 0.3 is 0 Å². The second-order valence-electron chi connectivity index (χ2n) is 4.16. The standard InChI is InChI=1S/C13H20N2O2/c1-2-3-12(16)9-15-13(17)8-10-4-6-11(14)7-5-10/h4-7,12,16H,2-3,8-9,14H2,1H3,(H,15,17). The average Bonchev–Trinajstić information content (AvgIpc) is 2.30. The number of nitrogens with one attached hydrogen (secondary N) is 1. The highest BCUT2D eigenvalue weighted by molar-refractivity contribution is 5.78. The molecule has 0 aliphatic carbocycles. The Morgan fingerprint density at radius 3 is 2.65 bits per heavy atom. The van der Waals surface area contributed by atoms with Crippen molar-refractivity contribution in [2.75, 3.05) is 12.3 Å². The van der Waals surface area contributed by atoms with Gasteiger partial charge < -0.3 is 16.2 Å². The zero-order valence-electron chi connectivity index (χ0n) is 10.1. The molecule has 1 atom stereocenters. The number of nitrogen functional groups attached to an aromatic ring is 1. The van der Waals surface area contributed by atoms with Crippen molar-refractivity contribution in [3.8, 4) is 0 Å². The molecule has 1 amide bonds. The van der Waals surface area contributed by atoms with Gasteiger partial charge in [-0.25, -0.2) is 0 Å². The van der Waals surface area contributed by atoms with E-state index >= 15 is 0 Å². The minimum atomic E-state index is -0.449. The first-order valence-electron chi connectivity index (χ1n) is 5.91. The third-order valence-electron chi connectivity index (χ3n) is 2.50. The van der Waals surface area contributed by atoms with E-state index in [1.54, 1.807) is 12.1 Å². The van der Waals surface area contributed by atoms with Crippen molar-refractivity contribution in [3.05, 3.63) is 29.8 Å². The number of carbonyl (C=O) groups excluding carboxylic acids is 1. The maximum absolute atomic E-state index is 11.6. The SMILES string of the molecule is CCCC(O)CNC(=O)Cc1ccc(N)cc1. The summed E-state index contributed by atoms with van der Waals surface area (Å²) in [5.74, 6) is -0.0788. The lowest BCUT2D eigenvalue weighted by atomic mass is 10.1. The van der Waals surface area contributed by atoms with Crippen LogP contribution in [0.2, 0.25) is 0 Å². The van der Waals surface area contributed by atoms with E-state index in [1.807, 2.05) is 19.1 Å². The van der Waals surface area contributed by atoms with Crippen LogP contribution in [0, 0.1) is 0 Å². The maximum atomic E-state index is 11.6. The summed E-state index contributed by atoms with van der Waals surface area (Å²) >= 11 is 0. The van der Waals surface area contributed by atoms with E-state index in [1.165, 1.54) is 0 Å². The number of benzene rings is 1. The summed E-state index contributed by atoms with van der Waals surface area (Å²) in [7, 11) is 0. The predicted molar refractivity (Wildman–Crippen MR) is 68.5 cm³/mol. The molecule has 1 rings (SSSR count). The molecule has 0 heterocycles. The Morgan fingerprint density at radius 1 is 1.41 bits per heavy atom. The first kappa shape index (κ1) is 13.5. The number of hydrogen-bond acceptors (Lipinski definition) is 3. The number of rotatable bonds is 6. The lowest BCUT2D eigenvalue weighted by molar-refractivity contribution is -0.120. The molecule has 17 heavy (non-hydrogen) atoms. The highest BCUT2D eigenvalue weighted by atomic mass is 16.3. The van der Waals surface area contributed by atoms with Crippen LogP contribution in [0.15, 0.2) is 24.3 Å². The topological polar surface area (TPSA) is 75.3 Å². The van der Waals surface area contributed by atoms with E-state index in [-0.39, 0.29) is 5.91 Å². The van der Waals surface area contributed by atoms with Crippen LogP contribution in [0.3, 0.4) is 0 Å². The second kappa shape index (κ2) is 6.91. The van der Waals surface area contributed by atoms with Gasteiger partial charge in [-0.1, -0.05) is 25.5 Å². The highest BCUT2D eigenvalue weighted by Crippen LogP contribution is 2.05. The van der Waals surface area contributed by atoms with E-state index in [9.17, 15) is 9.90 Å². The summed E-state index contributed by atoms with van der Waals surface area (Å²) in [6, 6.07) is 7.21. The summed E-state index contributed by atoms with van der Waals surface area (Å²) in [5, 5.41) is 12.2. The van der Waals surface area contributed by atoms with Crippen molar-refractivity contribution in [1.29, 1.82) is 0 Å². The zero-order valence-corrected chi connectivity index (χ0v) is 10.1. The molecule has 0 saturated heterocycles. The summed E-state index contributed by atoms with van der Waals surface area (Å²) in [6.45, 7) is 2.32. The fraction of sp³-hybridized carbons (Fsp3) is 0.462. The van der Waals surface area contributed by atoms with Crippen molar-refractivity contribution in [2.45, 2.75) is 32.3 Å². The molecule has 1 aromatic carbocycles. The average molecular weight is 236 g/mol. The lowest BCUT2D eigenvalue weighted by Crippen LogP contribution is -2.33. The van der Waals surface area contributed by atoms with Crippen LogP contribution in [0.5, 0.6) is 0 Å².